The number of nitrogens with zero attached hydrogens (tertiary/aromatic N) is 3. The zero-order chi connectivity index (χ0) is 19.6. The van der Waals surface area contributed by atoms with Gasteiger partial charge in [0.25, 0.3) is 5.56 Å². The molecule has 0 bridgehead atoms. The molecule has 0 aromatic carbocycles. The summed E-state index contributed by atoms with van der Waals surface area (Å²) in [6.45, 7) is 9.78. The largest absolute Gasteiger partial charge is 0.343 e. The Bertz CT molecular complexity index is 885. The van der Waals surface area contributed by atoms with Crippen molar-refractivity contribution in [1.29, 1.82) is 0 Å². The van der Waals surface area contributed by atoms with Gasteiger partial charge in [0.1, 0.15) is 0 Å². The van der Waals surface area contributed by atoms with Crippen LogP contribution in [0.15, 0.2) is 4.79 Å². The normalized spacial score (nSPS) is 14.6. The molecule has 1 saturated heterocycles. The van der Waals surface area contributed by atoms with E-state index in [2.05, 4.69) is 22.3 Å². The number of aryl methyl sites for hydroxylation is 3. The molecule has 9 heteroatoms. The van der Waals surface area contributed by atoms with Crippen LogP contribution in [-0.4, -0.2) is 51.8 Å². The maximum atomic E-state index is 12.7. The maximum absolute atomic E-state index is 12.7. The molecule has 164 valence electrons. The molecular weight excluding hydrogens is 413 g/mol. The van der Waals surface area contributed by atoms with Crippen molar-refractivity contribution >= 4 is 41.8 Å². The number of carbonyl (C=O) groups excluding carboxylic acids is 1. The molecule has 0 radical (unpaired) electrons. The van der Waals surface area contributed by atoms with Crippen molar-refractivity contribution in [3.05, 3.63) is 27.2 Å². The van der Waals surface area contributed by atoms with E-state index in [0.29, 0.717) is 29.8 Å². The highest BCUT2D eigenvalue weighted by Crippen LogP contribution is 2.22. The second-order valence-corrected chi connectivity index (χ2v) is 7.63. The summed E-state index contributed by atoms with van der Waals surface area (Å²) in [6, 6.07) is 0. The fraction of sp³-hybridized carbons (Fsp3) is 0.650. The van der Waals surface area contributed by atoms with Gasteiger partial charge in [-0.15, -0.1) is 24.8 Å². The number of carbonyl (C=O) groups is 1. The van der Waals surface area contributed by atoms with Crippen LogP contribution >= 0.6 is 24.8 Å². The number of piperidine rings is 1. The van der Waals surface area contributed by atoms with Gasteiger partial charge in [0.2, 0.25) is 5.91 Å². The van der Waals surface area contributed by atoms with Crippen LogP contribution in [0.2, 0.25) is 0 Å². The summed E-state index contributed by atoms with van der Waals surface area (Å²) in [5.41, 5.74) is 3.42. The Labute approximate surface area is 184 Å². The predicted octanol–water partition coefficient (Wildman–Crippen LogP) is 2.50. The van der Waals surface area contributed by atoms with Crippen LogP contribution in [0, 0.1) is 19.8 Å². The molecule has 2 N–H and O–H groups in total. The van der Waals surface area contributed by atoms with E-state index in [9.17, 15) is 9.59 Å². The van der Waals surface area contributed by atoms with E-state index in [1.165, 1.54) is 0 Å². The number of likely N-dealkylation sites (tertiary alicyclic amines) is 1. The molecule has 0 spiro atoms. The molecule has 3 heterocycles. The molecule has 2 aromatic rings. The van der Waals surface area contributed by atoms with Gasteiger partial charge in [-0.1, -0.05) is 6.92 Å². The van der Waals surface area contributed by atoms with Crippen LogP contribution in [0.4, 0.5) is 0 Å². The van der Waals surface area contributed by atoms with Crippen LogP contribution in [0.5, 0.6) is 0 Å². The minimum atomic E-state index is -0.118. The van der Waals surface area contributed by atoms with Crippen LogP contribution < -0.4 is 10.9 Å². The quantitative estimate of drug-likeness (QED) is 0.715. The van der Waals surface area contributed by atoms with Crippen LogP contribution in [-0.2, 0) is 18.3 Å². The molecule has 1 amide bonds. The number of pyridine rings is 1. The molecule has 29 heavy (non-hydrogen) atoms. The number of hydrogen-bond donors (Lipinski definition) is 2. The minimum Gasteiger partial charge on any atom is -0.343 e. The molecular formula is C20H33Cl2N5O2. The van der Waals surface area contributed by atoms with Gasteiger partial charge in [0.15, 0.2) is 5.65 Å². The van der Waals surface area contributed by atoms with E-state index in [1.54, 1.807) is 11.7 Å². The van der Waals surface area contributed by atoms with Gasteiger partial charge in [-0.05, 0) is 63.2 Å². The Morgan fingerprint density at radius 2 is 1.90 bits per heavy atom. The van der Waals surface area contributed by atoms with Crippen LogP contribution in [0.1, 0.15) is 43.0 Å². The summed E-state index contributed by atoms with van der Waals surface area (Å²) >= 11 is 0. The lowest BCUT2D eigenvalue weighted by Gasteiger charge is -2.32. The topological polar surface area (TPSA) is 83.0 Å². The van der Waals surface area contributed by atoms with E-state index >= 15 is 0 Å². The first-order chi connectivity index (χ1) is 12.9. The number of rotatable bonds is 6. The number of amides is 1. The number of H-pyrrole nitrogens is 1. The third-order valence-corrected chi connectivity index (χ3v) is 5.81. The van der Waals surface area contributed by atoms with Crippen molar-refractivity contribution in [2.75, 3.05) is 26.2 Å². The first-order valence-electron chi connectivity index (χ1n) is 9.95. The average molecular weight is 446 g/mol. The smallest absolute Gasteiger partial charge is 0.273 e. The lowest BCUT2D eigenvalue weighted by atomic mass is 9.95. The first kappa shape index (κ1) is 25.5. The van der Waals surface area contributed by atoms with Crippen molar-refractivity contribution in [1.82, 2.24) is 25.0 Å². The summed E-state index contributed by atoms with van der Waals surface area (Å²) in [4.78, 5) is 31.4. The molecule has 0 atom stereocenters. The zero-order valence-electron chi connectivity index (χ0n) is 17.7. The van der Waals surface area contributed by atoms with E-state index in [1.807, 2.05) is 18.7 Å². The van der Waals surface area contributed by atoms with Gasteiger partial charge in [-0.25, -0.2) is 4.98 Å². The number of aromatic nitrogens is 3. The molecule has 0 saturated carbocycles. The summed E-state index contributed by atoms with van der Waals surface area (Å²) in [6.07, 6.45) is 3.25. The van der Waals surface area contributed by atoms with Gasteiger partial charge >= 0.3 is 0 Å². The second-order valence-electron chi connectivity index (χ2n) is 7.63. The van der Waals surface area contributed by atoms with Crippen LogP contribution in [0.3, 0.4) is 0 Å². The van der Waals surface area contributed by atoms with Crippen molar-refractivity contribution in [2.24, 2.45) is 13.0 Å². The summed E-state index contributed by atoms with van der Waals surface area (Å²) in [7, 11) is 1.79. The van der Waals surface area contributed by atoms with Gasteiger partial charge in [0, 0.05) is 32.3 Å². The molecule has 1 aliphatic rings. The molecule has 0 unspecified atom stereocenters. The Balaban J connectivity index is 0.00000210. The monoisotopic (exact) mass is 445 g/mol. The standard InChI is InChI=1S/C20H31N5O2.2ClH/c1-5-21-12-15-8-10-25(11-9-15)17(26)7-6-16-13(2)18-19(22-14(16)3)24(4)23-20(18)27;;/h15,21H,5-12H2,1-4H3,(H,23,27);2*1H. The zero-order valence-corrected chi connectivity index (χ0v) is 19.3. The highest BCUT2D eigenvalue weighted by Gasteiger charge is 2.23. The van der Waals surface area contributed by atoms with Gasteiger partial charge in [-0.3, -0.25) is 19.4 Å². The van der Waals surface area contributed by atoms with Gasteiger partial charge < -0.3 is 10.2 Å². The lowest BCUT2D eigenvalue weighted by molar-refractivity contribution is -0.132. The highest BCUT2D eigenvalue weighted by molar-refractivity contribution is 5.85. The highest BCUT2D eigenvalue weighted by atomic mass is 35.5. The number of halogens is 2. The Morgan fingerprint density at radius 1 is 1.24 bits per heavy atom. The fourth-order valence-electron chi connectivity index (χ4n) is 4.14. The number of nitrogens with one attached hydrogen (secondary N) is 2. The number of aromatic amines is 1. The predicted molar refractivity (Wildman–Crippen MR) is 121 cm³/mol. The van der Waals surface area contributed by atoms with Crippen molar-refractivity contribution < 1.29 is 4.79 Å². The molecule has 1 aliphatic heterocycles. The average Bonchev–Trinajstić information content (AvgIpc) is 2.93. The Morgan fingerprint density at radius 3 is 2.52 bits per heavy atom. The Hall–Kier alpha value is -1.57. The van der Waals surface area contributed by atoms with Gasteiger partial charge in [0.05, 0.1) is 5.39 Å². The molecule has 0 aliphatic carbocycles. The third kappa shape index (κ3) is 5.53. The second kappa shape index (κ2) is 11.0. The first-order valence-corrected chi connectivity index (χ1v) is 9.95. The maximum Gasteiger partial charge on any atom is 0.273 e. The van der Waals surface area contributed by atoms with Crippen molar-refractivity contribution in [2.45, 2.75) is 46.5 Å². The fourth-order valence-corrected chi connectivity index (χ4v) is 4.14. The van der Waals surface area contributed by atoms with E-state index in [4.69, 9.17) is 0 Å². The summed E-state index contributed by atoms with van der Waals surface area (Å²) in [5.74, 6) is 0.882. The lowest BCUT2D eigenvalue weighted by Crippen LogP contribution is -2.40. The molecule has 1 fully saturated rings. The number of fused-ring (bicyclic) bond motifs is 1. The van der Waals surface area contributed by atoms with Gasteiger partial charge in [-0.2, -0.15) is 0 Å². The third-order valence-electron chi connectivity index (χ3n) is 5.81. The van der Waals surface area contributed by atoms with E-state index in [-0.39, 0.29) is 36.3 Å². The summed E-state index contributed by atoms with van der Waals surface area (Å²) in [5, 5.41) is 6.80. The summed E-state index contributed by atoms with van der Waals surface area (Å²) < 4.78 is 1.66. The van der Waals surface area contributed by atoms with Crippen molar-refractivity contribution in [3.63, 3.8) is 0 Å². The van der Waals surface area contributed by atoms with E-state index < -0.39 is 0 Å². The minimum absolute atomic E-state index is 0. The molecule has 2 aromatic heterocycles. The van der Waals surface area contributed by atoms with Crippen molar-refractivity contribution in [3.8, 4) is 0 Å². The molecule has 7 nitrogen and oxygen atoms in total. The Kier molecular flexibility index (Phi) is 9.65. The molecule has 3 rings (SSSR count). The van der Waals surface area contributed by atoms with E-state index in [0.717, 1.165) is 55.8 Å². The van der Waals surface area contributed by atoms with Crippen LogP contribution in [0.25, 0.3) is 11.0 Å². The number of hydrogen-bond acceptors (Lipinski definition) is 4. The SMILES string of the molecule is CCNCC1CCN(C(=O)CCc2c(C)nc3c(c2C)c(=O)[nH]n3C)CC1.Cl.Cl.